The molecule has 216 valence electrons. The van der Waals surface area contributed by atoms with Gasteiger partial charge in [-0.05, 0) is 79.0 Å². The van der Waals surface area contributed by atoms with E-state index in [1.807, 2.05) is 44.4 Å². The Balaban J connectivity index is 1.59. The molecular weight excluding hydrogens is 586 g/mol. The minimum atomic E-state index is -1.28. The van der Waals surface area contributed by atoms with E-state index in [2.05, 4.69) is 86.4 Å². The molecule has 5 aromatic rings. The largest absolute Gasteiger partial charge is 0.393 e. The van der Waals surface area contributed by atoms with E-state index in [4.69, 9.17) is 4.98 Å². The maximum absolute atomic E-state index is 12.9. The molecule has 0 saturated carbocycles. The summed E-state index contributed by atoms with van der Waals surface area (Å²) in [7, 11) is 4.08. The first-order chi connectivity index (χ1) is 20.3. The molecule has 1 aromatic heterocycles. The molecule has 1 aliphatic heterocycles. The van der Waals surface area contributed by atoms with Gasteiger partial charge in [-0.2, -0.15) is 0 Å². The van der Waals surface area contributed by atoms with Crippen LogP contribution in [0, 0.1) is 0 Å². The Morgan fingerprint density at radius 1 is 0.881 bits per heavy atom. The molecule has 6 rings (SSSR count). The Morgan fingerprint density at radius 2 is 1.60 bits per heavy atom. The van der Waals surface area contributed by atoms with Gasteiger partial charge in [-0.3, -0.25) is 0 Å². The number of rotatable bonds is 8. The Morgan fingerprint density at radius 3 is 2.36 bits per heavy atom. The molecule has 1 atom stereocenters. The summed E-state index contributed by atoms with van der Waals surface area (Å²) in [5.41, 5.74) is 3.59. The van der Waals surface area contributed by atoms with E-state index in [0.717, 1.165) is 81.0 Å². The van der Waals surface area contributed by atoms with Crippen LogP contribution in [0.3, 0.4) is 0 Å². The molecule has 0 spiro atoms. The normalized spacial score (nSPS) is 15.9. The SMILES string of the molecule is CN(C)CCC(O)(c1cccc2ccccc12)c1cc(Br)cc2cc(Cc3ccccc3)c(N3CCC(O)CC3)nc12. The van der Waals surface area contributed by atoms with Gasteiger partial charge >= 0.3 is 0 Å². The Kier molecular flexibility index (Phi) is 8.33. The van der Waals surface area contributed by atoms with Crippen molar-refractivity contribution in [2.75, 3.05) is 38.6 Å². The van der Waals surface area contributed by atoms with Gasteiger partial charge in [0, 0.05) is 41.5 Å². The second-order valence-corrected chi connectivity index (χ2v) is 12.7. The smallest absolute Gasteiger partial charge is 0.132 e. The molecule has 2 heterocycles. The van der Waals surface area contributed by atoms with Crippen LogP contribution < -0.4 is 4.90 Å². The number of fused-ring (bicyclic) bond motifs is 2. The van der Waals surface area contributed by atoms with E-state index in [9.17, 15) is 10.2 Å². The van der Waals surface area contributed by atoms with Crippen molar-refractivity contribution in [3.63, 3.8) is 0 Å². The predicted octanol–water partition coefficient (Wildman–Crippen LogP) is 6.89. The third-order valence-electron chi connectivity index (χ3n) is 8.54. The van der Waals surface area contributed by atoms with Gasteiger partial charge in [0.1, 0.15) is 11.4 Å². The summed E-state index contributed by atoms with van der Waals surface area (Å²) in [6, 6.07) is 31.4. The average Bonchev–Trinajstić information content (AvgIpc) is 3.00. The van der Waals surface area contributed by atoms with Gasteiger partial charge in [0.05, 0.1) is 11.6 Å². The Labute approximate surface area is 256 Å². The van der Waals surface area contributed by atoms with Crippen LogP contribution in [0.4, 0.5) is 5.82 Å². The molecule has 4 aromatic carbocycles. The molecule has 1 unspecified atom stereocenters. The number of benzene rings is 4. The zero-order valence-electron chi connectivity index (χ0n) is 24.3. The molecule has 0 amide bonds. The van der Waals surface area contributed by atoms with Crippen LogP contribution >= 0.6 is 15.9 Å². The number of aliphatic hydroxyl groups is 2. The number of anilines is 1. The summed E-state index contributed by atoms with van der Waals surface area (Å²) in [6.45, 7) is 2.21. The predicted molar refractivity (Wildman–Crippen MR) is 176 cm³/mol. The van der Waals surface area contributed by atoms with Crippen LogP contribution in [-0.4, -0.2) is 59.9 Å². The van der Waals surface area contributed by atoms with E-state index in [1.54, 1.807) is 0 Å². The number of nitrogens with zero attached hydrogens (tertiary/aromatic N) is 3. The highest BCUT2D eigenvalue weighted by Crippen LogP contribution is 2.42. The maximum Gasteiger partial charge on any atom is 0.132 e. The molecule has 0 radical (unpaired) electrons. The number of aromatic nitrogens is 1. The lowest BCUT2D eigenvalue weighted by molar-refractivity contribution is 0.0656. The summed E-state index contributed by atoms with van der Waals surface area (Å²) in [4.78, 5) is 9.84. The number of aliphatic hydroxyl groups excluding tert-OH is 1. The molecule has 0 bridgehead atoms. The lowest BCUT2D eigenvalue weighted by atomic mass is 9.80. The van der Waals surface area contributed by atoms with E-state index in [0.29, 0.717) is 13.0 Å². The zero-order chi connectivity index (χ0) is 29.3. The van der Waals surface area contributed by atoms with Gasteiger partial charge in [-0.1, -0.05) is 88.7 Å². The minimum absolute atomic E-state index is 0.270. The lowest BCUT2D eigenvalue weighted by Crippen LogP contribution is -2.37. The van der Waals surface area contributed by atoms with E-state index >= 15 is 0 Å². The fourth-order valence-electron chi connectivity index (χ4n) is 6.28. The summed E-state index contributed by atoms with van der Waals surface area (Å²) in [5.74, 6) is 0.940. The van der Waals surface area contributed by atoms with Crippen LogP contribution in [0.15, 0.2) is 95.5 Å². The van der Waals surface area contributed by atoms with Crippen LogP contribution in [0.25, 0.3) is 21.7 Å². The topological polar surface area (TPSA) is 59.8 Å². The summed E-state index contributed by atoms with van der Waals surface area (Å²) >= 11 is 3.78. The van der Waals surface area contributed by atoms with Crippen LogP contribution in [0.5, 0.6) is 0 Å². The quantitative estimate of drug-likeness (QED) is 0.197. The summed E-state index contributed by atoms with van der Waals surface area (Å²) in [6.07, 6.45) is 2.45. The molecule has 6 heteroatoms. The Bertz CT molecular complexity index is 1690. The van der Waals surface area contributed by atoms with Crippen molar-refractivity contribution < 1.29 is 10.2 Å². The first-order valence-electron chi connectivity index (χ1n) is 14.8. The van der Waals surface area contributed by atoms with Gasteiger partial charge in [0.25, 0.3) is 0 Å². The molecular formula is C36H38BrN3O2. The van der Waals surface area contributed by atoms with Crippen LogP contribution in [0.1, 0.15) is 41.5 Å². The third-order valence-corrected chi connectivity index (χ3v) is 9.00. The van der Waals surface area contributed by atoms with Gasteiger partial charge in [0.15, 0.2) is 0 Å². The van der Waals surface area contributed by atoms with E-state index < -0.39 is 5.60 Å². The fourth-order valence-corrected chi connectivity index (χ4v) is 6.76. The second kappa shape index (κ2) is 12.1. The third kappa shape index (κ3) is 5.82. The number of pyridine rings is 1. The van der Waals surface area contributed by atoms with Gasteiger partial charge < -0.3 is 20.0 Å². The molecule has 0 aliphatic carbocycles. The molecule has 42 heavy (non-hydrogen) atoms. The van der Waals surface area contributed by atoms with E-state index in [-0.39, 0.29) is 6.10 Å². The van der Waals surface area contributed by atoms with Crippen LogP contribution in [0.2, 0.25) is 0 Å². The highest BCUT2D eigenvalue weighted by molar-refractivity contribution is 9.10. The van der Waals surface area contributed by atoms with Gasteiger partial charge in [-0.25, -0.2) is 4.98 Å². The number of hydrogen-bond acceptors (Lipinski definition) is 5. The van der Waals surface area contributed by atoms with Gasteiger partial charge in [0.2, 0.25) is 0 Å². The molecule has 1 saturated heterocycles. The molecule has 1 fully saturated rings. The van der Waals surface area contributed by atoms with Crippen molar-refractivity contribution in [1.82, 2.24) is 9.88 Å². The monoisotopic (exact) mass is 623 g/mol. The fraction of sp³-hybridized carbons (Fsp3) is 0.306. The van der Waals surface area contributed by atoms with Crippen LogP contribution in [-0.2, 0) is 12.0 Å². The maximum atomic E-state index is 12.9. The number of piperidine rings is 1. The van der Waals surface area contributed by atoms with E-state index in [1.165, 1.54) is 5.56 Å². The Hall–Kier alpha value is -3.29. The molecule has 1 aliphatic rings. The van der Waals surface area contributed by atoms with Gasteiger partial charge in [-0.15, -0.1) is 0 Å². The first kappa shape index (κ1) is 28.8. The average molecular weight is 625 g/mol. The minimum Gasteiger partial charge on any atom is -0.393 e. The van der Waals surface area contributed by atoms with Crippen molar-refractivity contribution in [1.29, 1.82) is 0 Å². The lowest BCUT2D eigenvalue weighted by Gasteiger charge is -2.34. The molecule has 5 nitrogen and oxygen atoms in total. The first-order valence-corrected chi connectivity index (χ1v) is 15.6. The second-order valence-electron chi connectivity index (χ2n) is 11.8. The summed E-state index contributed by atoms with van der Waals surface area (Å²) < 4.78 is 0.912. The zero-order valence-corrected chi connectivity index (χ0v) is 25.9. The number of hydrogen-bond donors (Lipinski definition) is 2. The van der Waals surface area contributed by atoms with Crippen molar-refractivity contribution in [2.24, 2.45) is 0 Å². The van der Waals surface area contributed by atoms with Crippen molar-refractivity contribution in [2.45, 2.75) is 37.4 Å². The van der Waals surface area contributed by atoms with Crippen molar-refractivity contribution >= 4 is 43.4 Å². The number of halogens is 1. The van der Waals surface area contributed by atoms with Crippen molar-refractivity contribution in [3.8, 4) is 0 Å². The highest BCUT2D eigenvalue weighted by atomic mass is 79.9. The standard InChI is InChI=1S/C36H38BrN3O2/c1-39(2)20-17-36(42,32-14-8-12-26-11-6-7-13-31(26)32)33-24-29(37)23-27-22-28(21-25-9-4-3-5-10-25)35(38-34(27)33)40-18-15-30(41)16-19-40/h3-14,22-24,30,41-42H,15-21H2,1-2H3. The molecule has 2 N–H and O–H groups in total. The summed E-state index contributed by atoms with van der Waals surface area (Å²) in [5, 5.41) is 26.3. The highest BCUT2D eigenvalue weighted by Gasteiger charge is 2.36. The van der Waals surface area contributed by atoms with Crippen molar-refractivity contribution in [3.05, 3.63) is 118 Å².